The SMILES string of the molecule is CCCn1ncc(OC)c1C(C)(O)c1sccc1C. The molecule has 0 amide bonds. The van der Waals surface area contributed by atoms with Crippen molar-refractivity contribution >= 4 is 11.3 Å². The van der Waals surface area contributed by atoms with Crippen LogP contribution in [0.3, 0.4) is 0 Å². The predicted octanol–water partition coefficient (Wildman–Crippen LogP) is 2.93. The van der Waals surface area contributed by atoms with Crippen LogP contribution in [0.5, 0.6) is 5.75 Å². The molecule has 19 heavy (non-hydrogen) atoms. The maximum atomic E-state index is 11.0. The van der Waals surface area contributed by atoms with E-state index in [4.69, 9.17) is 4.74 Å². The maximum Gasteiger partial charge on any atom is 0.163 e. The quantitative estimate of drug-likeness (QED) is 0.916. The fraction of sp³-hybridized carbons (Fsp3) is 0.500. The third kappa shape index (κ3) is 2.40. The van der Waals surface area contributed by atoms with Gasteiger partial charge in [-0.2, -0.15) is 5.10 Å². The Morgan fingerprint density at radius 1 is 1.53 bits per heavy atom. The Labute approximate surface area is 117 Å². The predicted molar refractivity (Wildman–Crippen MR) is 76.8 cm³/mol. The minimum absolute atomic E-state index is 0.631. The minimum atomic E-state index is -1.09. The molecule has 4 nitrogen and oxygen atoms in total. The van der Waals surface area contributed by atoms with Crippen LogP contribution < -0.4 is 4.74 Å². The third-order valence-electron chi connectivity index (χ3n) is 3.23. The summed E-state index contributed by atoms with van der Waals surface area (Å²) < 4.78 is 7.19. The molecule has 2 rings (SSSR count). The van der Waals surface area contributed by atoms with E-state index in [0.717, 1.165) is 29.1 Å². The van der Waals surface area contributed by atoms with Crippen LogP contribution in [0.15, 0.2) is 17.6 Å². The Hall–Kier alpha value is -1.33. The molecule has 0 bridgehead atoms. The zero-order chi connectivity index (χ0) is 14.0. The number of hydrogen-bond donors (Lipinski definition) is 1. The first-order valence-electron chi connectivity index (χ1n) is 6.39. The van der Waals surface area contributed by atoms with Crippen LogP contribution >= 0.6 is 11.3 Å². The molecule has 0 aliphatic heterocycles. The Bertz CT molecular complexity index is 558. The number of aryl methyl sites for hydroxylation is 2. The Morgan fingerprint density at radius 3 is 2.79 bits per heavy atom. The standard InChI is InChI=1S/C14H20N2O2S/c1-5-7-16-12(11(18-4)9-15-16)14(3,17)13-10(2)6-8-19-13/h6,8-9,17H,5,7H2,1-4H3. The van der Waals surface area contributed by atoms with Gasteiger partial charge < -0.3 is 9.84 Å². The van der Waals surface area contributed by atoms with Gasteiger partial charge in [0.1, 0.15) is 11.3 Å². The summed E-state index contributed by atoms with van der Waals surface area (Å²) >= 11 is 1.55. The van der Waals surface area contributed by atoms with E-state index in [-0.39, 0.29) is 0 Å². The van der Waals surface area contributed by atoms with Gasteiger partial charge in [0.2, 0.25) is 0 Å². The van der Waals surface area contributed by atoms with E-state index in [0.29, 0.717) is 5.75 Å². The Balaban J connectivity index is 2.56. The van der Waals surface area contributed by atoms with E-state index in [1.165, 1.54) is 0 Å². The highest BCUT2D eigenvalue weighted by molar-refractivity contribution is 7.10. The van der Waals surface area contributed by atoms with Crippen molar-refractivity contribution in [1.29, 1.82) is 0 Å². The molecule has 0 aliphatic rings. The summed E-state index contributed by atoms with van der Waals surface area (Å²) in [4.78, 5) is 0.934. The summed E-state index contributed by atoms with van der Waals surface area (Å²) in [5.41, 5.74) is 0.721. The van der Waals surface area contributed by atoms with Crippen molar-refractivity contribution in [3.05, 3.63) is 33.8 Å². The monoisotopic (exact) mass is 280 g/mol. The number of thiophene rings is 1. The van der Waals surface area contributed by atoms with Crippen LogP contribution in [0.1, 0.15) is 36.4 Å². The molecule has 1 unspecified atom stereocenters. The Kier molecular flexibility index (Phi) is 3.96. The summed E-state index contributed by atoms with van der Waals surface area (Å²) in [6.45, 7) is 6.66. The molecule has 2 aromatic heterocycles. The highest BCUT2D eigenvalue weighted by Crippen LogP contribution is 2.39. The van der Waals surface area contributed by atoms with E-state index < -0.39 is 5.60 Å². The zero-order valence-corrected chi connectivity index (χ0v) is 12.6. The van der Waals surface area contributed by atoms with E-state index in [1.807, 2.05) is 23.1 Å². The van der Waals surface area contributed by atoms with Gasteiger partial charge in [0.15, 0.2) is 5.75 Å². The summed E-state index contributed by atoms with van der Waals surface area (Å²) in [6.07, 6.45) is 2.62. The molecule has 1 atom stereocenters. The molecular formula is C14H20N2O2S. The fourth-order valence-corrected chi connectivity index (χ4v) is 3.36. The lowest BCUT2D eigenvalue weighted by molar-refractivity contribution is 0.0914. The normalized spacial score (nSPS) is 14.4. The van der Waals surface area contributed by atoms with Crippen LogP contribution in [-0.2, 0) is 12.1 Å². The topological polar surface area (TPSA) is 47.3 Å². The van der Waals surface area contributed by atoms with Crippen molar-refractivity contribution in [1.82, 2.24) is 9.78 Å². The molecule has 2 heterocycles. The van der Waals surface area contributed by atoms with Crippen LogP contribution in [-0.4, -0.2) is 22.0 Å². The summed E-state index contributed by atoms with van der Waals surface area (Å²) in [5.74, 6) is 0.631. The lowest BCUT2D eigenvalue weighted by Gasteiger charge is -2.25. The molecule has 1 N–H and O–H groups in total. The van der Waals surface area contributed by atoms with Gasteiger partial charge >= 0.3 is 0 Å². The van der Waals surface area contributed by atoms with E-state index in [1.54, 1.807) is 31.6 Å². The van der Waals surface area contributed by atoms with Crippen molar-refractivity contribution in [3.63, 3.8) is 0 Å². The second-order valence-corrected chi connectivity index (χ2v) is 5.71. The number of hydrogen-bond acceptors (Lipinski definition) is 4. The lowest BCUT2D eigenvalue weighted by Crippen LogP contribution is -2.27. The van der Waals surface area contributed by atoms with Crippen molar-refractivity contribution in [2.75, 3.05) is 7.11 Å². The molecule has 0 saturated heterocycles. The molecule has 5 heteroatoms. The van der Waals surface area contributed by atoms with Gasteiger partial charge in [0.05, 0.1) is 13.3 Å². The second-order valence-electron chi connectivity index (χ2n) is 4.79. The molecule has 0 radical (unpaired) electrons. The van der Waals surface area contributed by atoms with Crippen LogP contribution in [0.25, 0.3) is 0 Å². The highest BCUT2D eigenvalue weighted by Gasteiger charge is 2.35. The number of rotatable bonds is 5. The average molecular weight is 280 g/mol. The largest absolute Gasteiger partial charge is 0.493 e. The summed E-state index contributed by atoms with van der Waals surface area (Å²) in [5, 5.41) is 17.3. The first kappa shape index (κ1) is 14.1. The van der Waals surface area contributed by atoms with Crippen LogP contribution in [0.4, 0.5) is 0 Å². The number of aromatic nitrogens is 2. The van der Waals surface area contributed by atoms with Gasteiger partial charge in [0, 0.05) is 11.4 Å². The molecule has 0 aromatic carbocycles. The summed E-state index contributed by atoms with van der Waals surface area (Å²) in [6, 6.07) is 2.02. The lowest BCUT2D eigenvalue weighted by atomic mass is 9.96. The Morgan fingerprint density at radius 2 is 2.26 bits per heavy atom. The zero-order valence-electron chi connectivity index (χ0n) is 11.8. The molecular weight excluding hydrogens is 260 g/mol. The van der Waals surface area contributed by atoms with Gasteiger partial charge in [-0.15, -0.1) is 11.3 Å². The highest BCUT2D eigenvalue weighted by atomic mass is 32.1. The molecule has 0 fully saturated rings. The van der Waals surface area contributed by atoms with Gasteiger partial charge in [-0.05, 0) is 37.3 Å². The van der Waals surface area contributed by atoms with Crippen LogP contribution in [0.2, 0.25) is 0 Å². The number of nitrogens with zero attached hydrogens (tertiary/aromatic N) is 2. The average Bonchev–Trinajstić information content (AvgIpc) is 2.96. The smallest absolute Gasteiger partial charge is 0.163 e. The minimum Gasteiger partial charge on any atom is -0.493 e. The molecule has 104 valence electrons. The van der Waals surface area contributed by atoms with Gasteiger partial charge in [0.25, 0.3) is 0 Å². The van der Waals surface area contributed by atoms with Gasteiger partial charge in [-0.1, -0.05) is 6.92 Å². The van der Waals surface area contributed by atoms with Crippen molar-refractivity contribution in [2.45, 2.75) is 39.3 Å². The maximum absolute atomic E-state index is 11.0. The van der Waals surface area contributed by atoms with Gasteiger partial charge in [-0.3, -0.25) is 4.68 Å². The summed E-state index contributed by atoms with van der Waals surface area (Å²) in [7, 11) is 1.61. The second kappa shape index (κ2) is 5.35. The molecule has 0 saturated carbocycles. The van der Waals surface area contributed by atoms with Crippen molar-refractivity contribution in [2.24, 2.45) is 0 Å². The number of ether oxygens (including phenoxy) is 1. The van der Waals surface area contributed by atoms with Crippen molar-refractivity contribution < 1.29 is 9.84 Å². The van der Waals surface area contributed by atoms with Crippen LogP contribution in [0, 0.1) is 6.92 Å². The molecule has 0 aliphatic carbocycles. The first-order valence-corrected chi connectivity index (χ1v) is 7.27. The first-order chi connectivity index (χ1) is 9.02. The molecule has 2 aromatic rings. The van der Waals surface area contributed by atoms with E-state index in [9.17, 15) is 5.11 Å². The van der Waals surface area contributed by atoms with Gasteiger partial charge in [-0.25, -0.2) is 0 Å². The third-order valence-corrected chi connectivity index (χ3v) is 4.45. The van der Waals surface area contributed by atoms with E-state index in [2.05, 4.69) is 12.0 Å². The fourth-order valence-electron chi connectivity index (χ4n) is 2.37. The molecule has 0 spiro atoms. The number of aliphatic hydroxyl groups is 1. The number of methoxy groups -OCH3 is 1. The van der Waals surface area contributed by atoms with Crippen molar-refractivity contribution in [3.8, 4) is 5.75 Å². The van der Waals surface area contributed by atoms with E-state index >= 15 is 0 Å².